The van der Waals surface area contributed by atoms with Gasteiger partial charge in [-0.15, -0.1) is 0 Å². The summed E-state index contributed by atoms with van der Waals surface area (Å²) in [6, 6.07) is 0. The van der Waals surface area contributed by atoms with E-state index >= 15 is 0 Å². The van der Waals surface area contributed by atoms with E-state index in [0.717, 1.165) is 6.42 Å². The first-order valence-electron chi connectivity index (χ1n) is 4.22. The Kier molecular flexibility index (Phi) is 14.1. The van der Waals surface area contributed by atoms with Gasteiger partial charge in [0.15, 0.2) is 0 Å². The van der Waals surface area contributed by atoms with Crippen LogP contribution in [0.2, 0.25) is 0 Å². The van der Waals surface area contributed by atoms with Gasteiger partial charge in [0, 0.05) is 0 Å². The number of allylic oxidation sites excluding steroid dienone is 6. The summed E-state index contributed by atoms with van der Waals surface area (Å²) in [6.45, 7) is 8.03. The van der Waals surface area contributed by atoms with Crippen LogP contribution in [0.1, 0.15) is 27.2 Å². The molecule has 1 rings (SSSR count). The normalized spacial score (nSPS) is 12.8. The number of carbonyl (C=O) groups excluding carboxylic acids is 1. The van der Waals surface area contributed by atoms with Crippen LogP contribution in [0.25, 0.3) is 0 Å². The quantitative estimate of drug-likeness (QED) is 0.584. The van der Waals surface area contributed by atoms with Gasteiger partial charge in [-0.2, -0.15) is 0 Å². The molecule has 1 heteroatoms. The first-order chi connectivity index (χ1) is 5.93. The van der Waals surface area contributed by atoms with E-state index in [4.69, 9.17) is 4.79 Å². The maximum Gasteiger partial charge on any atom is 0.106 e. The van der Waals surface area contributed by atoms with E-state index in [1.165, 1.54) is 5.57 Å². The van der Waals surface area contributed by atoms with Crippen LogP contribution in [-0.2, 0) is 4.79 Å². The summed E-state index contributed by atoms with van der Waals surface area (Å²) in [5.41, 5.74) is 1.34. The number of hydrogen-bond acceptors (Lipinski definition) is 1. The Labute approximate surface area is 75.5 Å². The SMILES string of the molecule is C/C=C/C1=CCC=C1.C=O.CC. The van der Waals surface area contributed by atoms with Gasteiger partial charge in [-0.05, 0) is 18.9 Å². The largest absolute Gasteiger partial charge is 0.307 e. The van der Waals surface area contributed by atoms with E-state index in [2.05, 4.69) is 30.4 Å². The molecule has 0 heterocycles. The van der Waals surface area contributed by atoms with Crippen LogP contribution in [0.15, 0.2) is 36.0 Å². The summed E-state index contributed by atoms with van der Waals surface area (Å²) in [5, 5.41) is 0. The van der Waals surface area contributed by atoms with E-state index in [1.807, 2.05) is 27.6 Å². The minimum absolute atomic E-state index is 1.11. The monoisotopic (exact) mass is 166 g/mol. The summed E-state index contributed by atoms with van der Waals surface area (Å²) in [7, 11) is 0. The zero-order valence-corrected chi connectivity index (χ0v) is 8.21. The zero-order chi connectivity index (χ0) is 9.82. The second-order valence-corrected chi connectivity index (χ2v) is 1.84. The molecule has 0 fully saturated rings. The third kappa shape index (κ3) is 7.00. The fourth-order valence-corrected chi connectivity index (χ4v) is 0.792. The van der Waals surface area contributed by atoms with Crippen LogP contribution in [0.4, 0.5) is 0 Å². The fourth-order valence-electron chi connectivity index (χ4n) is 0.792. The molecule has 1 nitrogen and oxygen atoms in total. The highest BCUT2D eigenvalue weighted by Gasteiger charge is 1.88. The average Bonchev–Trinajstić information content (AvgIpc) is 2.65. The fraction of sp³-hybridized carbons (Fsp3) is 0.364. The Morgan fingerprint density at radius 3 is 2.33 bits per heavy atom. The van der Waals surface area contributed by atoms with Crippen molar-refractivity contribution in [2.75, 3.05) is 0 Å². The average molecular weight is 166 g/mol. The number of rotatable bonds is 1. The van der Waals surface area contributed by atoms with Crippen molar-refractivity contribution in [2.45, 2.75) is 27.2 Å². The van der Waals surface area contributed by atoms with E-state index in [1.54, 1.807) is 0 Å². The maximum absolute atomic E-state index is 8.00. The van der Waals surface area contributed by atoms with Gasteiger partial charge < -0.3 is 4.79 Å². The van der Waals surface area contributed by atoms with Crippen LogP contribution in [0.5, 0.6) is 0 Å². The molecule has 0 radical (unpaired) electrons. The number of carbonyl (C=O) groups is 1. The Hall–Kier alpha value is -1.11. The summed E-state index contributed by atoms with van der Waals surface area (Å²) < 4.78 is 0. The van der Waals surface area contributed by atoms with Crippen LogP contribution in [0.3, 0.4) is 0 Å². The molecule has 0 aromatic carbocycles. The lowest BCUT2D eigenvalue weighted by Crippen LogP contribution is -1.60. The molecule has 1 aliphatic rings. The molecule has 1 aliphatic carbocycles. The molecule has 0 atom stereocenters. The van der Waals surface area contributed by atoms with Crippen molar-refractivity contribution >= 4 is 6.79 Å². The second-order valence-electron chi connectivity index (χ2n) is 1.84. The molecular formula is C11H18O. The third-order valence-electron chi connectivity index (χ3n) is 1.16. The predicted molar refractivity (Wildman–Crippen MR) is 55.1 cm³/mol. The zero-order valence-electron chi connectivity index (χ0n) is 8.21. The molecule has 12 heavy (non-hydrogen) atoms. The second kappa shape index (κ2) is 12.6. The lowest BCUT2D eigenvalue weighted by atomic mass is 10.3. The van der Waals surface area contributed by atoms with Crippen molar-refractivity contribution in [3.05, 3.63) is 36.0 Å². The van der Waals surface area contributed by atoms with Gasteiger partial charge in [0.25, 0.3) is 0 Å². The predicted octanol–water partition coefficient (Wildman–Crippen LogP) is 3.29. The van der Waals surface area contributed by atoms with Crippen LogP contribution >= 0.6 is 0 Å². The first-order valence-corrected chi connectivity index (χ1v) is 4.22. The molecule has 68 valence electrons. The minimum atomic E-state index is 1.11. The molecule has 0 N–H and O–H groups in total. The van der Waals surface area contributed by atoms with Crippen molar-refractivity contribution in [1.29, 1.82) is 0 Å². The first kappa shape index (κ1) is 13.5. The Morgan fingerprint density at radius 1 is 1.42 bits per heavy atom. The van der Waals surface area contributed by atoms with E-state index in [0.29, 0.717) is 0 Å². The molecule has 0 spiro atoms. The van der Waals surface area contributed by atoms with Gasteiger partial charge in [0.05, 0.1) is 0 Å². The van der Waals surface area contributed by atoms with E-state index < -0.39 is 0 Å². The number of hydrogen-bond donors (Lipinski definition) is 0. The van der Waals surface area contributed by atoms with E-state index in [-0.39, 0.29) is 0 Å². The molecule has 0 aromatic rings. The molecular weight excluding hydrogens is 148 g/mol. The molecule has 0 amide bonds. The molecule has 0 aromatic heterocycles. The van der Waals surface area contributed by atoms with Gasteiger partial charge in [0.1, 0.15) is 6.79 Å². The molecule has 0 unspecified atom stereocenters. The Balaban J connectivity index is 0. The van der Waals surface area contributed by atoms with Crippen molar-refractivity contribution < 1.29 is 4.79 Å². The van der Waals surface area contributed by atoms with Gasteiger partial charge in [-0.25, -0.2) is 0 Å². The molecule has 0 aliphatic heterocycles. The molecule has 0 saturated carbocycles. The Morgan fingerprint density at radius 2 is 2.00 bits per heavy atom. The molecule has 0 bridgehead atoms. The highest BCUT2D eigenvalue weighted by molar-refractivity contribution is 5.35. The van der Waals surface area contributed by atoms with Gasteiger partial charge in [0.2, 0.25) is 0 Å². The van der Waals surface area contributed by atoms with Gasteiger partial charge >= 0.3 is 0 Å². The summed E-state index contributed by atoms with van der Waals surface area (Å²) >= 11 is 0. The lowest BCUT2D eigenvalue weighted by molar-refractivity contribution is -0.0979. The summed E-state index contributed by atoms with van der Waals surface area (Å²) in [6.07, 6.45) is 11.8. The van der Waals surface area contributed by atoms with Crippen LogP contribution in [0, 0.1) is 0 Å². The van der Waals surface area contributed by atoms with Gasteiger partial charge in [-0.1, -0.05) is 44.2 Å². The van der Waals surface area contributed by atoms with Crippen LogP contribution in [-0.4, -0.2) is 6.79 Å². The smallest absolute Gasteiger partial charge is 0.106 e. The highest BCUT2D eigenvalue weighted by Crippen LogP contribution is 2.08. The van der Waals surface area contributed by atoms with Crippen molar-refractivity contribution in [1.82, 2.24) is 0 Å². The van der Waals surface area contributed by atoms with Crippen molar-refractivity contribution in [2.24, 2.45) is 0 Å². The van der Waals surface area contributed by atoms with Crippen molar-refractivity contribution in [3.63, 3.8) is 0 Å². The maximum atomic E-state index is 8.00. The summed E-state index contributed by atoms with van der Waals surface area (Å²) in [4.78, 5) is 8.00. The van der Waals surface area contributed by atoms with E-state index in [9.17, 15) is 0 Å². The third-order valence-corrected chi connectivity index (χ3v) is 1.16. The van der Waals surface area contributed by atoms with Crippen LogP contribution < -0.4 is 0 Å². The lowest BCUT2D eigenvalue weighted by Gasteiger charge is -1.80. The Bertz CT molecular complexity index is 164. The topological polar surface area (TPSA) is 17.1 Å². The minimum Gasteiger partial charge on any atom is -0.307 e. The standard InChI is InChI=1S/C8H10.C2H6.CH2O/c1-2-5-8-6-3-4-7-8;2*1-2/h2-3,5-7H,4H2,1H3;1-2H3;1H2/b5-2+;;. The summed E-state index contributed by atoms with van der Waals surface area (Å²) in [5.74, 6) is 0. The van der Waals surface area contributed by atoms with Crippen molar-refractivity contribution in [3.8, 4) is 0 Å². The molecule has 0 saturated heterocycles. The van der Waals surface area contributed by atoms with Gasteiger partial charge in [-0.3, -0.25) is 0 Å². The highest BCUT2D eigenvalue weighted by atomic mass is 16.1.